The number of hydrogen-bond donors (Lipinski definition) is 2. The predicted octanol–water partition coefficient (Wildman–Crippen LogP) is 3.30. The second-order valence-electron chi connectivity index (χ2n) is 5.73. The third kappa shape index (κ3) is 4.37. The average Bonchev–Trinajstić information content (AvgIpc) is 2.42. The summed E-state index contributed by atoms with van der Waals surface area (Å²) in [5, 5.41) is 12.4. The maximum atomic E-state index is 12.2. The SMILES string of the molecule is CN(CCC(=O)O)C(=O)NC(c1ccc(Cl)cc1)C1CCC1. The van der Waals surface area contributed by atoms with Gasteiger partial charge in [-0.2, -0.15) is 0 Å². The molecule has 5 nitrogen and oxygen atoms in total. The summed E-state index contributed by atoms with van der Waals surface area (Å²) in [7, 11) is 1.61. The fourth-order valence-corrected chi connectivity index (χ4v) is 2.65. The van der Waals surface area contributed by atoms with Crippen LogP contribution in [-0.4, -0.2) is 35.6 Å². The van der Waals surface area contributed by atoms with Gasteiger partial charge in [-0.05, 0) is 36.5 Å². The molecule has 1 aliphatic carbocycles. The van der Waals surface area contributed by atoms with Crippen molar-refractivity contribution in [2.45, 2.75) is 31.7 Å². The van der Waals surface area contributed by atoms with Crippen LogP contribution in [0.5, 0.6) is 0 Å². The van der Waals surface area contributed by atoms with Gasteiger partial charge in [0, 0.05) is 18.6 Å². The number of nitrogens with zero attached hydrogens (tertiary/aromatic N) is 1. The van der Waals surface area contributed by atoms with Gasteiger partial charge in [0.15, 0.2) is 0 Å². The first-order chi connectivity index (χ1) is 10.5. The molecule has 1 fully saturated rings. The minimum atomic E-state index is -0.909. The van der Waals surface area contributed by atoms with Crippen LogP contribution in [0.2, 0.25) is 5.02 Å². The zero-order chi connectivity index (χ0) is 16.1. The van der Waals surface area contributed by atoms with E-state index in [2.05, 4.69) is 5.32 Å². The van der Waals surface area contributed by atoms with Crippen molar-refractivity contribution in [3.05, 3.63) is 34.9 Å². The molecule has 1 atom stereocenters. The van der Waals surface area contributed by atoms with Crippen LogP contribution in [0.15, 0.2) is 24.3 Å². The molecule has 1 saturated carbocycles. The van der Waals surface area contributed by atoms with Crippen molar-refractivity contribution in [2.24, 2.45) is 5.92 Å². The number of carbonyl (C=O) groups excluding carboxylic acids is 1. The summed E-state index contributed by atoms with van der Waals surface area (Å²) in [6.07, 6.45) is 3.30. The van der Waals surface area contributed by atoms with E-state index in [4.69, 9.17) is 16.7 Å². The fourth-order valence-electron chi connectivity index (χ4n) is 2.52. The molecule has 22 heavy (non-hydrogen) atoms. The van der Waals surface area contributed by atoms with Gasteiger partial charge in [0.1, 0.15) is 0 Å². The molecule has 2 N–H and O–H groups in total. The van der Waals surface area contributed by atoms with Gasteiger partial charge in [-0.1, -0.05) is 30.2 Å². The van der Waals surface area contributed by atoms with Crippen molar-refractivity contribution < 1.29 is 14.7 Å². The Hall–Kier alpha value is -1.75. The largest absolute Gasteiger partial charge is 0.481 e. The quantitative estimate of drug-likeness (QED) is 0.843. The average molecular weight is 325 g/mol. The Bertz CT molecular complexity index is 529. The highest BCUT2D eigenvalue weighted by molar-refractivity contribution is 6.30. The zero-order valence-electron chi connectivity index (χ0n) is 12.6. The Labute approximate surface area is 135 Å². The van der Waals surface area contributed by atoms with Crippen molar-refractivity contribution in [3.8, 4) is 0 Å². The number of benzene rings is 1. The van der Waals surface area contributed by atoms with E-state index < -0.39 is 5.97 Å². The minimum absolute atomic E-state index is 0.0502. The van der Waals surface area contributed by atoms with Crippen molar-refractivity contribution in [2.75, 3.05) is 13.6 Å². The predicted molar refractivity (Wildman–Crippen MR) is 84.9 cm³/mol. The summed E-state index contributed by atoms with van der Waals surface area (Å²) in [4.78, 5) is 24.3. The summed E-state index contributed by atoms with van der Waals surface area (Å²) >= 11 is 5.92. The third-order valence-corrected chi connectivity index (χ3v) is 4.39. The lowest BCUT2D eigenvalue weighted by Gasteiger charge is -2.35. The third-order valence-electron chi connectivity index (χ3n) is 4.14. The molecule has 120 valence electrons. The molecule has 0 aliphatic heterocycles. The van der Waals surface area contributed by atoms with E-state index in [0.29, 0.717) is 10.9 Å². The van der Waals surface area contributed by atoms with Gasteiger partial charge in [0.05, 0.1) is 12.5 Å². The van der Waals surface area contributed by atoms with Crippen LogP contribution in [0.1, 0.15) is 37.3 Å². The van der Waals surface area contributed by atoms with Crippen molar-refractivity contribution in [1.29, 1.82) is 0 Å². The highest BCUT2D eigenvalue weighted by Gasteiger charge is 2.30. The first kappa shape index (κ1) is 16.6. The number of aliphatic carboxylic acids is 1. The number of carboxylic acids is 1. The van der Waals surface area contributed by atoms with E-state index in [0.717, 1.165) is 18.4 Å². The van der Waals surface area contributed by atoms with E-state index in [1.807, 2.05) is 24.3 Å². The molecule has 1 aromatic rings. The zero-order valence-corrected chi connectivity index (χ0v) is 13.3. The molecule has 1 aliphatic rings. The van der Waals surface area contributed by atoms with Gasteiger partial charge in [0.25, 0.3) is 0 Å². The van der Waals surface area contributed by atoms with Gasteiger partial charge in [-0.15, -0.1) is 0 Å². The fraction of sp³-hybridized carbons (Fsp3) is 0.500. The standard InChI is InChI=1S/C16H21ClN2O3/c1-19(10-9-14(20)21)16(22)18-15(11-3-2-4-11)12-5-7-13(17)8-6-12/h5-8,11,15H,2-4,9-10H2,1H3,(H,18,22)(H,20,21). The topological polar surface area (TPSA) is 69.6 Å². The normalized spacial score (nSPS) is 15.7. The Morgan fingerprint density at radius 2 is 2.00 bits per heavy atom. The lowest BCUT2D eigenvalue weighted by molar-refractivity contribution is -0.137. The molecular formula is C16H21ClN2O3. The first-order valence-corrected chi connectivity index (χ1v) is 7.84. The van der Waals surface area contributed by atoms with Gasteiger partial charge >= 0.3 is 12.0 Å². The maximum absolute atomic E-state index is 12.2. The number of rotatable bonds is 6. The van der Waals surface area contributed by atoms with Crippen LogP contribution in [0.25, 0.3) is 0 Å². The van der Waals surface area contributed by atoms with E-state index in [1.165, 1.54) is 11.3 Å². The summed E-state index contributed by atoms with van der Waals surface area (Å²) in [6.45, 7) is 0.194. The van der Waals surface area contributed by atoms with Crippen molar-refractivity contribution in [1.82, 2.24) is 10.2 Å². The maximum Gasteiger partial charge on any atom is 0.317 e. The van der Waals surface area contributed by atoms with Gasteiger partial charge < -0.3 is 15.3 Å². The smallest absolute Gasteiger partial charge is 0.317 e. The van der Waals surface area contributed by atoms with E-state index in [1.54, 1.807) is 7.05 Å². The number of carbonyl (C=O) groups is 2. The highest BCUT2D eigenvalue weighted by atomic mass is 35.5. The molecule has 0 radical (unpaired) electrons. The minimum Gasteiger partial charge on any atom is -0.481 e. The van der Waals surface area contributed by atoms with Crippen LogP contribution in [-0.2, 0) is 4.79 Å². The summed E-state index contributed by atoms with van der Waals surface area (Å²) in [6, 6.07) is 7.22. The molecule has 0 heterocycles. The van der Waals surface area contributed by atoms with Crippen LogP contribution < -0.4 is 5.32 Å². The van der Waals surface area contributed by atoms with Crippen LogP contribution in [0, 0.1) is 5.92 Å². The Morgan fingerprint density at radius 1 is 1.36 bits per heavy atom. The number of carboxylic acid groups (broad SMARTS) is 1. The lowest BCUT2D eigenvalue weighted by atomic mass is 9.77. The number of halogens is 1. The molecule has 1 unspecified atom stereocenters. The van der Waals surface area contributed by atoms with Crippen molar-refractivity contribution in [3.63, 3.8) is 0 Å². The first-order valence-electron chi connectivity index (χ1n) is 7.46. The van der Waals surface area contributed by atoms with E-state index in [-0.39, 0.29) is 25.0 Å². The van der Waals surface area contributed by atoms with Crippen LogP contribution in [0.3, 0.4) is 0 Å². The summed E-state index contributed by atoms with van der Waals surface area (Å²) < 4.78 is 0. The van der Waals surface area contributed by atoms with Gasteiger partial charge in [0.2, 0.25) is 0 Å². The van der Waals surface area contributed by atoms with Gasteiger partial charge in [-0.3, -0.25) is 4.79 Å². The molecule has 6 heteroatoms. The van der Waals surface area contributed by atoms with Crippen LogP contribution in [0.4, 0.5) is 4.79 Å². The number of hydrogen-bond acceptors (Lipinski definition) is 2. The molecule has 2 amide bonds. The summed E-state index contributed by atoms with van der Waals surface area (Å²) in [5.74, 6) is -0.481. The molecule has 0 spiro atoms. The Kier molecular flexibility index (Phi) is 5.66. The molecule has 1 aromatic carbocycles. The van der Waals surface area contributed by atoms with Crippen LogP contribution >= 0.6 is 11.6 Å². The van der Waals surface area contributed by atoms with E-state index in [9.17, 15) is 9.59 Å². The Morgan fingerprint density at radius 3 is 2.50 bits per heavy atom. The molecule has 0 saturated heterocycles. The monoisotopic (exact) mass is 324 g/mol. The second-order valence-corrected chi connectivity index (χ2v) is 6.17. The van der Waals surface area contributed by atoms with Crippen molar-refractivity contribution >= 4 is 23.6 Å². The molecule has 2 rings (SSSR count). The lowest BCUT2D eigenvalue weighted by Crippen LogP contribution is -2.43. The number of amides is 2. The highest BCUT2D eigenvalue weighted by Crippen LogP contribution is 2.38. The van der Waals surface area contributed by atoms with Gasteiger partial charge in [-0.25, -0.2) is 4.79 Å². The number of nitrogens with one attached hydrogen (secondary N) is 1. The summed E-state index contributed by atoms with van der Waals surface area (Å²) in [5.41, 5.74) is 1.04. The molecule has 0 bridgehead atoms. The number of urea groups is 1. The Balaban J connectivity index is 2.02. The molecule has 0 aromatic heterocycles. The van der Waals surface area contributed by atoms with E-state index >= 15 is 0 Å². The second kappa shape index (κ2) is 7.49. The molecular weight excluding hydrogens is 304 g/mol.